The number of alkyl halides is 3. The largest absolute Gasteiger partial charge is 0.435 e. The maximum atomic E-state index is 13.7. The minimum Gasteiger partial charge on any atom is -0.378 e. The third-order valence-electron chi connectivity index (χ3n) is 7.82. The molecule has 3 aromatic rings. The lowest BCUT2D eigenvalue weighted by Gasteiger charge is -2.30. The molecule has 0 radical (unpaired) electrons. The minimum absolute atomic E-state index is 0.0188. The first-order chi connectivity index (χ1) is 19.4. The van der Waals surface area contributed by atoms with Crippen LogP contribution in [0.2, 0.25) is 0 Å². The van der Waals surface area contributed by atoms with E-state index in [-0.39, 0.29) is 24.2 Å². The van der Waals surface area contributed by atoms with Crippen LogP contribution in [0.4, 0.5) is 24.5 Å². The zero-order valence-electron chi connectivity index (χ0n) is 24.0. The number of carbonyl (C=O) groups is 1. The number of rotatable bonds is 6. The van der Waals surface area contributed by atoms with Crippen LogP contribution in [-0.2, 0) is 17.5 Å². The van der Waals surface area contributed by atoms with Gasteiger partial charge in [-0.1, -0.05) is 24.3 Å². The van der Waals surface area contributed by atoms with Crippen LogP contribution in [-0.4, -0.2) is 54.6 Å². The summed E-state index contributed by atoms with van der Waals surface area (Å²) in [5.74, 6) is -0.419. The summed E-state index contributed by atoms with van der Waals surface area (Å²) in [6.07, 6.45) is 0.207. The van der Waals surface area contributed by atoms with E-state index in [1.165, 1.54) is 11.9 Å². The fraction of sp³-hybridized carbons (Fsp3) is 0.387. The zero-order chi connectivity index (χ0) is 29.5. The molecule has 1 saturated carbocycles. The predicted octanol–water partition coefficient (Wildman–Crippen LogP) is 6.17. The molecule has 1 fully saturated rings. The van der Waals surface area contributed by atoms with E-state index in [0.717, 1.165) is 63.8 Å². The lowest BCUT2D eigenvalue weighted by atomic mass is 9.77. The lowest BCUT2D eigenvalue weighted by Crippen LogP contribution is -2.34. The quantitative estimate of drug-likeness (QED) is 0.360. The second kappa shape index (κ2) is 11.1. The Balaban J connectivity index is 1.51. The van der Waals surface area contributed by atoms with Crippen molar-refractivity contribution < 1.29 is 18.0 Å². The highest BCUT2D eigenvalue weighted by Crippen LogP contribution is 2.45. The Kier molecular flexibility index (Phi) is 7.68. The van der Waals surface area contributed by atoms with Gasteiger partial charge in [0, 0.05) is 51.2 Å². The van der Waals surface area contributed by atoms with Crippen molar-refractivity contribution >= 4 is 29.1 Å². The number of carbonyl (C=O) groups excluding carboxylic acids is 1. The Bertz CT molecular complexity index is 1470. The van der Waals surface area contributed by atoms with Crippen molar-refractivity contribution in [2.24, 2.45) is 11.0 Å². The first-order valence-electron chi connectivity index (χ1n) is 13.7. The van der Waals surface area contributed by atoms with Gasteiger partial charge in [-0.05, 0) is 79.3 Å². The van der Waals surface area contributed by atoms with Crippen molar-refractivity contribution in [1.29, 1.82) is 0 Å². The molecule has 10 heteroatoms. The van der Waals surface area contributed by atoms with Gasteiger partial charge in [0.15, 0.2) is 5.69 Å². The summed E-state index contributed by atoms with van der Waals surface area (Å²) in [5, 5.41) is 10.0. The average Bonchev–Trinajstić information content (AvgIpc) is 3.50. The summed E-state index contributed by atoms with van der Waals surface area (Å²) < 4.78 is 40.9. The van der Waals surface area contributed by atoms with Crippen LogP contribution >= 0.6 is 0 Å². The molecule has 0 unspecified atom stereocenters. The molecule has 2 heterocycles. The van der Waals surface area contributed by atoms with Gasteiger partial charge in [-0.25, -0.2) is 5.01 Å². The maximum Gasteiger partial charge on any atom is 0.435 e. The van der Waals surface area contributed by atoms with Crippen molar-refractivity contribution in [3.8, 4) is 0 Å². The highest BCUT2D eigenvalue weighted by atomic mass is 19.4. The van der Waals surface area contributed by atoms with E-state index in [9.17, 15) is 18.0 Å². The molecule has 2 aliphatic rings. The third kappa shape index (κ3) is 5.87. The van der Waals surface area contributed by atoms with Crippen molar-refractivity contribution in [2.75, 3.05) is 38.0 Å². The molecule has 1 aromatic heterocycles. The number of benzene rings is 2. The predicted molar refractivity (Wildman–Crippen MR) is 156 cm³/mol. The molecule has 0 N–H and O–H groups in total. The fourth-order valence-electron chi connectivity index (χ4n) is 5.59. The lowest BCUT2D eigenvalue weighted by molar-refractivity contribution is -0.142. The van der Waals surface area contributed by atoms with E-state index in [4.69, 9.17) is 5.10 Å². The monoisotopic (exact) mass is 564 g/mol. The third-order valence-corrected chi connectivity index (χ3v) is 7.82. The molecule has 5 rings (SSSR count). The summed E-state index contributed by atoms with van der Waals surface area (Å²) in [4.78, 5) is 17.8. The van der Waals surface area contributed by atoms with Crippen LogP contribution < -0.4 is 9.80 Å². The molecule has 0 saturated heterocycles. The van der Waals surface area contributed by atoms with Crippen molar-refractivity contribution in [3.05, 3.63) is 82.7 Å². The summed E-state index contributed by atoms with van der Waals surface area (Å²) in [7, 11) is 7.93. The second-order valence-corrected chi connectivity index (χ2v) is 11.1. The fourth-order valence-corrected chi connectivity index (χ4v) is 5.59. The standard InChI is InChI=1S/C31H35F3N6O/c1-20-17-27(31(32,33)34)35-39(20)19-28(41)40-30(22-11-15-25(16-12-22)38(4)5)26-8-6-7-23(29(26)36-40)18-21-9-13-24(14-10-21)37(2)3/h9-18,26,30H,6-8,19H2,1-5H3/b23-18+/t26-,30-/m0/s1. The number of aromatic nitrogens is 2. The van der Waals surface area contributed by atoms with Gasteiger partial charge in [-0.3, -0.25) is 9.48 Å². The van der Waals surface area contributed by atoms with Gasteiger partial charge in [-0.2, -0.15) is 23.4 Å². The number of hydrogen-bond acceptors (Lipinski definition) is 5. The van der Waals surface area contributed by atoms with E-state index < -0.39 is 17.8 Å². The summed E-state index contributed by atoms with van der Waals surface area (Å²) >= 11 is 0. The number of allylic oxidation sites excluding steroid dienone is 1. The maximum absolute atomic E-state index is 13.7. The van der Waals surface area contributed by atoms with Gasteiger partial charge in [0.25, 0.3) is 5.91 Å². The first-order valence-corrected chi connectivity index (χ1v) is 13.7. The Morgan fingerprint density at radius 2 is 1.61 bits per heavy atom. The van der Waals surface area contributed by atoms with Gasteiger partial charge in [0.1, 0.15) is 6.54 Å². The van der Waals surface area contributed by atoms with Gasteiger partial charge >= 0.3 is 6.18 Å². The van der Waals surface area contributed by atoms with E-state index in [1.54, 1.807) is 0 Å². The summed E-state index contributed by atoms with van der Waals surface area (Å²) in [5.41, 5.74) is 5.34. The van der Waals surface area contributed by atoms with E-state index >= 15 is 0 Å². The number of nitrogens with zero attached hydrogens (tertiary/aromatic N) is 6. The Morgan fingerprint density at radius 3 is 2.17 bits per heavy atom. The number of anilines is 2. The number of hydrazone groups is 1. The van der Waals surface area contributed by atoms with Gasteiger partial charge in [0.2, 0.25) is 0 Å². The normalized spacial score (nSPS) is 19.8. The second-order valence-electron chi connectivity index (χ2n) is 11.1. The van der Waals surface area contributed by atoms with Gasteiger partial charge in [-0.15, -0.1) is 0 Å². The molecule has 0 bridgehead atoms. The molecule has 2 atom stereocenters. The van der Waals surface area contributed by atoms with E-state index in [1.807, 2.05) is 62.3 Å². The van der Waals surface area contributed by atoms with Crippen molar-refractivity contribution in [2.45, 2.75) is 44.9 Å². The molecule has 1 aliphatic heterocycles. The van der Waals surface area contributed by atoms with Crippen LogP contribution in [0.5, 0.6) is 0 Å². The highest BCUT2D eigenvalue weighted by Gasteiger charge is 2.44. The SMILES string of the molecule is Cc1cc(C(F)(F)F)nn1CC(=O)N1N=C2/C(=C/c3ccc(N(C)C)cc3)CCC[C@@H]2[C@@H]1c1ccc(N(C)C)cc1. The van der Waals surface area contributed by atoms with E-state index in [2.05, 4.69) is 35.4 Å². The molecule has 7 nitrogen and oxygen atoms in total. The number of halogens is 3. The number of aryl methyl sites for hydroxylation is 1. The molecule has 2 aromatic carbocycles. The molecule has 216 valence electrons. The van der Waals surface area contributed by atoms with Crippen LogP contribution in [0, 0.1) is 12.8 Å². The van der Waals surface area contributed by atoms with Gasteiger partial charge in [0.05, 0.1) is 11.8 Å². The number of hydrogen-bond donors (Lipinski definition) is 0. The first kappa shape index (κ1) is 28.4. The highest BCUT2D eigenvalue weighted by molar-refractivity contribution is 6.08. The Labute approximate surface area is 238 Å². The van der Waals surface area contributed by atoms with Crippen LogP contribution in [0.1, 0.15) is 47.8 Å². The summed E-state index contributed by atoms with van der Waals surface area (Å²) in [6.45, 7) is 1.19. The van der Waals surface area contributed by atoms with Crippen LogP contribution in [0.3, 0.4) is 0 Å². The molecular formula is C31H35F3N6O. The van der Waals surface area contributed by atoms with E-state index in [0.29, 0.717) is 0 Å². The molecule has 1 aliphatic carbocycles. The Hall–Kier alpha value is -4.08. The van der Waals surface area contributed by atoms with Crippen LogP contribution in [0.25, 0.3) is 6.08 Å². The smallest absolute Gasteiger partial charge is 0.378 e. The van der Waals surface area contributed by atoms with Crippen LogP contribution in [0.15, 0.2) is 65.3 Å². The molecular weight excluding hydrogens is 529 g/mol. The van der Waals surface area contributed by atoms with Gasteiger partial charge < -0.3 is 9.80 Å². The average molecular weight is 565 g/mol. The van der Waals surface area contributed by atoms with Crippen molar-refractivity contribution in [3.63, 3.8) is 0 Å². The number of amides is 1. The Morgan fingerprint density at radius 1 is 1.00 bits per heavy atom. The van der Waals surface area contributed by atoms with Crippen molar-refractivity contribution in [1.82, 2.24) is 14.8 Å². The molecule has 41 heavy (non-hydrogen) atoms. The molecule has 0 spiro atoms. The number of fused-ring (bicyclic) bond motifs is 1. The molecule has 1 amide bonds. The zero-order valence-corrected chi connectivity index (χ0v) is 24.0. The topological polar surface area (TPSA) is 57.0 Å². The summed E-state index contributed by atoms with van der Waals surface area (Å²) in [6, 6.07) is 16.9. The minimum atomic E-state index is -4.58.